The van der Waals surface area contributed by atoms with Crippen LogP contribution < -0.4 is 5.32 Å². The minimum absolute atomic E-state index is 0.0378. The zero-order chi connectivity index (χ0) is 16.8. The van der Waals surface area contributed by atoms with Gasteiger partial charge >= 0.3 is 0 Å². The van der Waals surface area contributed by atoms with Gasteiger partial charge in [0, 0.05) is 25.7 Å². The van der Waals surface area contributed by atoms with Crippen molar-refractivity contribution in [3.8, 4) is 0 Å². The summed E-state index contributed by atoms with van der Waals surface area (Å²) in [5.74, 6) is 0.294. The van der Waals surface area contributed by atoms with Gasteiger partial charge in [-0.3, -0.25) is 4.79 Å². The van der Waals surface area contributed by atoms with Gasteiger partial charge in [-0.15, -0.1) is 0 Å². The molecule has 1 aliphatic heterocycles. The number of aromatic nitrogens is 2. The number of hydrogen-bond acceptors (Lipinski definition) is 4. The molecule has 5 nitrogen and oxygen atoms in total. The van der Waals surface area contributed by atoms with Gasteiger partial charge in [0.25, 0.3) is 5.91 Å². The van der Waals surface area contributed by atoms with Crippen molar-refractivity contribution in [2.45, 2.75) is 32.2 Å². The second-order valence-electron chi connectivity index (χ2n) is 5.97. The Morgan fingerprint density at radius 2 is 1.79 bits per heavy atom. The SMILES string of the molecule is O=C(c1cc(NCc2ccc(F)cc2)ncn1)N1CCCCCC1. The van der Waals surface area contributed by atoms with Crippen LogP contribution >= 0.6 is 0 Å². The molecule has 1 fully saturated rings. The van der Waals surface area contributed by atoms with E-state index in [-0.39, 0.29) is 11.7 Å². The number of rotatable bonds is 4. The molecule has 0 aliphatic carbocycles. The Morgan fingerprint density at radius 1 is 1.08 bits per heavy atom. The smallest absolute Gasteiger partial charge is 0.272 e. The van der Waals surface area contributed by atoms with E-state index in [1.54, 1.807) is 18.2 Å². The Labute approximate surface area is 140 Å². The number of anilines is 1. The first-order valence-electron chi connectivity index (χ1n) is 8.32. The predicted molar refractivity (Wildman–Crippen MR) is 90.1 cm³/mol. The summed E-state index contributed by atoms with van der Waals surface area (Å²) >= 11 is 0. The molecule has 0 unspecified atom stereocenters. The maximum atomic E-state index is 12.9. The number of halogens is 1. The Kier molecular flexibility index (Phi) is 5.36. The summed E-state index contributed by atoms with van der Waals surface area (Å²) in [6, 6.07) is 7.95. The topological polar surface area (TPSA) is 58.1 Å². The fourth-order valence-electron chi connectivity index (χ4n) is 2.80. The number of hydrogen-bond donors (Lipinski definition) is 1. The molecule has 0 spiro atoms. The van der Waals surface area contributed by atoms with Crippen LogP contribution in [0, 0.1) is 5.82 Å². The van der Waals surface area contributed by atoms with E-state index in [2.05, 4.69) is 15.3 Å². The molecule has 1 aromatic heterocycles. The lowest BCUT2D eigenvalue weighted by Gasteiger charge is -2.19. The van der Waals surface area contributed by atoms with Crippen LogP contribution in [0.1, 0.15) is 41.7 Å². The molecular weight excluding hydrogens is 307 g/mol. The largest absolute Gasteiger partial charge is 0.366 e. The number of carbonyl (C=O) groups excluding carboxylic acids is 1. The van der Waals surface area contributed by atoms with Gasteiger partial charge in [0.05, 0.1) is 0 Å². The lowest BCUT2D eigenvalue weighted by Crippen LogP contribution is -2.32. The molecule has 1 saturated heterocycles. The second-order valence-corrected chi connectivity index (χ2v) is 5.97. The molecule has 0 saturated carbocycles. The summed E-state index contributed by atoms with van der Waals surface area (Å²) in [5.41, 5.74) is 1.35. The van der Waals surface area contributed by atoms with Crippen molar-refractivity contribution in [3.05, 3.63) is 53.7 Å². The van der Waals surface area contributed by atoms with E-state index in [9.17, 15) is 9.18 Å². The summed E-state index contributed by atoms with van der Waals surface area (Å²) in [6.45, 7) is 2.09. The van der Waals surface area contributed by atoms with E-state index < -0.39 is 0 Å². The van der Waals surface area contributed by atoms with Gasteiger partial charge in [0.1, 0.15) is 23.7 Å². The standard InChI is InChI=1S/C18H21FN4O/c19-15-7-5-14(6-8-15)12-20-17-11-16(21-13-22-17)18(24)23-9-3-1-2-4-10-23/h5-8,11,13H,1-4,9-10,12H2,(H,20,21,22). The monoisotopic (exact) mass is 328 g/mol. The average molecular weight is 328 g/mol. The van der Waals surface area contributed by atoms with Crippen LogP contribution in [-0.4, -0.2) is 33.9 Å². The molecule has 6 heteroatoms. The first-order chi connectivity index (χ1) is 11.7. The summed E-state index contributed by atoms with van der Waals surface area (Å²) in [6.07, 6.45) is 5.85. The highest BCUT2D eigenvalue weighted by Gasteiger charge is 2.18. The van der Waals surface area contributed by atoms with Crippen LogP contribution in [0.2, 0.25) is 0 Å². The van der Waals surface area contributed by atoms with Gasteiger partial charge in [0.15, 0.2) is 0 Å². The number of nitrogens with one attached hydrogen (secondary N) is 1. The van der Waals surface area contributed by atoms with Crippen LogP contribution in [-0.2, 0) is 6.54 Å². The Morgan fingerprint density at radius 3 is 2.50 bits per heavy atom. The molecule has 1 amide bonds. The normalized spacial score (nSPS) is 15.0. The quantitative estimate of drug-likeness (QED) is 0.936. The van der Waals surface area contributed by atoms with Crippen molar-refractivity contribution < 1.29 is 9.18 Å². The van der Waals surface area contributed by atoms with Crippen molar-refractivity contribution in [1.82, 2.24) is 14.9 Å². The molecule has 0 atom stereocenters. The number of nitrogens with zero attached hydrogens (tertiary/aromatic N) is 3. The highest BCUT2D eigenvalue weighted by molar-refractivity contribution is 5.92. The fraction of sp³-hybridized carbons (Fsp3) is 0.389. The molecular formula is C18H21FN4O. The van der Waals surface area contributed by atoms with Crippen molar-refractivity contribution in [1.29, 1.82) is 0 Å². The minimum Gasteiger partial charge on any atom is -0.366 e. The van der Waals surface area contributed by atoms with Crippen LogP contribution in [0.3, 0.4) is 0 Å². The van der Waals surface area contributed by atoms with E-state index in [0.717, 1.165) is 31.5 Å². The van der Waals surface area contributed by atoms with Gasteiger partial charge in [-0.25, -0.2) is 14.4 Å². The van der Waals surface area contributed by atoms with Crippen molar-refractivity contribution in [2.75, 3.05) is 18.4 Å². The first kappa shape index (κ1) is 16.4. The van der Waals surface area contributed by atoms with Gasteiger partial charge < -0.3 is 10.2 Å². The van der Waals surface area contributed by atoms with Crippen LogP contribution in [0.5, 0.6) is 0 Å². The average Bonchev–Trinajstić information content (AvgIpc) is 2.90. The van der Waals surface area contributed by atoms with Crippen molar-refractivity contribution >= 4 is 11.7 Å². The predicted octanol–water partition coefficient (Wildman–Crippen LogP) is 3.24. The summed E-state index contributed by atoms with van der Waals surface area (Å²) < 4.78 is 12.9. The molecule has 1 N–H and O–H groups in total. The highest BCUT2D eigenvalue weighted by Crippen LogP contribution is 2.14. The third kappa shape index (κ3) is 4.28. The first-order valence-corrected chi connectivity index (χ1v) is 8.32. The molecule has 0 bridgehead atoms. The molecule has 24 heavy (non-hydrogen) atoms. The fourth-order valence-corrected chi connectivity index (χ4v) is 2.80. The lowest BCUT2D eigenvalue weighted by atomic mass is 10.2. The lowest BCUT2D eigenvalue weighted by molar-refractivity contribution is 0.0755. The van der Waals surface area contributed by atoms with E-state index in [4.69, 9.17) is 0 Å². The van der Waals surface area contributed by atoms with Crippen molar-refractivity contribution in [2.24, 2.45) is 0 Å². The molecule has 2 aromatic rings. The molecule has 0 radical (unpaired) electrons. The van der Waals surface area contributed by atoms with Gasteiger partial charge in [-0.05, 0) is 30.5 Å². The summed E-state index contributed by atoms with van der Waals surface area (Å²) in [5, 5.41) is 3.15. The van der Waals surface area contributed by atoms with Gasteiger partial charge in [0.2, 0.25) is 0 Å². The van der Waals surface area contributed by atoms with Crippen LogP contribution in [0.25, 0.3) is 0 Å². The number of amides is 1. The third-order valence-electron chi connectivity index (χ3n) is 4.17. The Balaban J connectivity index is 1.64. The van der Waals surface area contributed by atoms with Crippen molar-refractivity contribution in [3.63, 3.8) is 0 Å². The maximum Gasteiger partial charge on any atom is 0.272 e. The molecule has 126 valence electrons. The van der Waals surface area contributed by atoms with E-state index in [0.29, 0.717) is 18.1 Å². The van der Waals surface area contributed by atoms with Crippen LogP contribution in [0.4, 0.5) is 10.2 Å². The summed E-state index contributed by atoms with van der Waals surface area (Å²) in [4.78, 5) is 22.7. The van der Waals surface area contributed by atoms with E-state index in [1.165, 1.54) is 31.3 Å². The molecule has 1 aliphatic rings. The maximum absolute atomic E-state index is 12.9. The zero-order valence-corrected chi connectivity index (χ0v) is 13.5. The van der Waals surface area contributed by atoms with E-state index >= 15 is 0 Å². The second kappa shape index (κ2) is 7.86. The number of carbonyl (C=O) groups is 1. The molecule has 2 heterocycles. The Bertz CT molecular complexity index is 682. The van der Waals surface area contributed by atoms with Gasteiger partial charge in [-0.1, -0.05) is 25.0 Å². The van der Waals surface area contributed by atoms with E-state index in [1.807, 2.05) is 4.90 Å². The van der Waals surface area contributed by atoms with Crippen LogP contribution in [0.15, 0.2) is 36.7 Å². The zero-order valence-electron chi connectivity index (χ0n) is 13.5. The Hall–Kier alpha value is -2.50. The highest BCUT2D eigenvalue weighted by atomic mass is 19.1. The molecule has 1 aromatic carbocycles. The summed E-state index contributed by atoms with van der Waals surface area (Å²) in [7, 11) is 0. The van der Waals surface area contributed by atoms with Gasteiger partial charge in [-0.2, -0.15) is 0 Å². The number of likely N-dealkylation sites (tertiary alicyclic amines) is 1. The third-order valence-corrected chi connectivity index (χ3v) is 4.17. The molecule has 3 rings (SSSR count). The number of benzene rings is 1. The minimum atomic E-state index is -0.258.